The van der Waals surface area contributed by atoms with Gasteiger partial charge in [-0.1, -0.05) is 24.3 Å². The van der Waals surface area contributed by atoms with Crippen LogP contribution in [0.4, 0.5) is 5.69 Å². The molecule has 2 aromatic carbocycles. The minimum absolute atomic E-state index is 0.0540. The number of esters is 1. The first-order valence-electron chi connectivity index (χ1n) is 9.95. The van der Waals surface area contributed by atoms with Crippen molar-refractivity contribution >= 4 is 27.6 Å². The maximum Gasteiger partial charge on any atom is 0.338 e. The smallest absolute Gasteiger partial charge is 0.338 e. The van der Waals surface area contributed by atoms with Gasteiger partial charge in [-0.05, 0) is 57.0 Å². The molecule has 0 aromatic heterocycles. The van der Waals surface area contributed by atoms with Crippen LogP contribution in [0.3, 0.4) is 0 Å². The van der Waals surface area contributed by atoms with Crippen LogP contribution in [0.5, 0.6) is 0 Å². The van der Waals surface area contributed by atoms with Gasteiger partial charge in [-0.3, -0.25) is 4.79 Å². The van der Waals surface area contributed by atoms with Gasteiger partial charge in [0.15, 0.2) is 6.61 Å². The Balaban J connectivity index is 1.70. The Kier molecular flexibility index (Phi) is 6.89. The van der Waals surface area contributed by atoms with E-state index < -0.39 is 22.6 Å². The largest absolute Gasteiger partial charge is 0.452 e. The van der Waals surface area contributed by atoms with E-state index in [4.69, 9.17) is 4.74 Å². The molecule has 1 saturated heterocycles. The molecule has 1 aliphatic rings. The van der Waals surface area contributed by atoms with Crippen LogP contribution < -0.4 is 4.90 Å². The van der Waals surface area contributed by atoms with E-state index in [0.717, 1.165) is 12.8 Å². The molecule has 7 nitrogen and oxygen atoms in total. The summed E-state index contributed by atoms with van der Waals surface area (Å²) in [5, 5.41) is 0. The molecule has 160 valence electrons. The molecule has 0 radical (unpaired) electrons. The highest BCUT2D eigenvalue weighted by Crippen LogP contribution is 2.22. The Hall–Kier alpha value is -2.71. The first-order chi connectivity index (χ1) is 14.3. The number of hydrogen-bond donors (Lipinski definition) is 0. The van der Waals surface area contributed by atoms with Crippen LogP contribution in [-0.2, 0) is 19.6 Å². The Labute approximate surface area is 177 Å². The third kappa shape index (κ3) is 4.88. The number of carbonyl (C=O) groups excluding carboxylic acids is 2. The molecule has 0 atom stereocenters. The molecule has 3 rings (SSSR count). The summed E-state index contributed by atoms with van der Waals surface area (Å²) in [6, 6.07) is 14.8. The SMILES string of the molecule is CC(C)N(C(=O)COC(=O)c1cccc(S(=O)(=O)N2CCCC2)c1)c1ccccc1. The number of hydrogen-bond acceptors (Lipinski definition) is 5. The van der Waals surface area contributed by atoms with Crippen LogP contribution >= 0.6 is 0 Å². The second-order valence-electron chi connectivity index (χ2n) is 7.41. The minimum atomic E-state index is -3.64. The van der Waals surface area contributed by atoms with E-state index >= 15 is 0 Å². The first-order valence-corrected chi connectivity index (χ1v) is 11.4. The van der Waals surface area contributed by atoms with Crippen molar-refractivity contribution < 1.29 is 22.7 Å². The second kappa shape index (κ2) is 9.40. The van der Waals surface area contributed by atoms with Gasteiger partial charge in [0.05, 0.1) is 10.5 Å². The van der Waals surface area contributed by atoms with E-state index in [2.05, 4.69) is 0 Å². The Morgan fingerprint density at radius 1 is 1.03 bits per heavy atom. The van der Waals surface area contributed by atoms with Crippen LogP contribution in [0.1, 0.15) is 37.0 Å². The van der Waals surface area contributed by atoms with Crippen LogP contribution in [0.2, 0.25) is 0 Å². The van der Waals surface area contributed by atoms with Gasteiger partial charge >= 0.3 is 5.97 Å². The molecule has 1 amide bonds. The van der Waals surface area contributed by atoms with Crippen molar-refractivity contribution in [1.29, 1.82) is 0 Å². The van der Waals surface area contributed by atoms with Crippen LogP contribution in [-0.4, -0.2) is 50.3 Å². The summed E-state index contributed by atoms with van der Waals surface area (Å²) in [6.07, 6.45) is 1.66. The molecular weight excluding hydrogens is 404 g/mol. The Bertz CT molecular complexity index is 999. The summed E-state index contributed by atoms with van der Waals surface area (Å²) in [5.74, 6) is -1.09. The summed E-state index contributed by atoms with van der Waals surface area (Å²) < 4.78 is 32.0. The van der Waals surface area contributed by atoms with Gasteiger partial charge in [0.2, 0.25) is 10.0 Å². The number of amides is 1. The Morgan fingerprint density at radius 2 is 1.70 bits per heavy atom. The van der Waals surface area contributed by atoms with Crippen molar-refractivity contribution in [2.45, 2.75) is 37.6 Å². The second-order valence-corrected chi connectivity index (χ2v) is 9.35. The van der Waals surface area contributed by atoms with Gasteiger partial charge < -0.3 is 9.64 Å². The van der Waals surface area contributed by atoms with Crippen molar-refractivity contribution in [2.24, 2.45) is 0 Å². The maximum absolute atomic E-state index is 12.7. The fourth-order valence-electron chi connectivity index (χ4n) is 3.46. The van der Waals surface area contributed by atoms with E-state index in [9.17, 15) is 18.0 Å². The molecule has 0 aliphatic carbocycles. The van der Waals surface area contributed by atoms with Gasteiger partial charge in [0.25, 0.3) is 5.91 Å². The molecular formula is C22H26N2O5S. The van der Waals surface area contributed by atoms with Gasteiger partial charge in [0, 0.05) is 24.8 Å². The van der Waals surface area contributed by atoms with E-state index in [-0.39, 0.29) is 22.4 Å². The minimum Gasteiger partial charge on any atom is -0.452 e. The number of sulfonamides is 1. The fourth-order valence-corrected chi connectivity index (χ4v) is 5.02. The van der Waals surface area contributed by atoms with E-state index in [1.807, 2.05) is 44.2 Å². The number of ether oxygens (including phenoxy) is 1. The van der Waals surface area contributed by atoms with Crippen LogP contribution in [0.15, 0.2) is 59.5 Å². The first kappa shape index (κ1) is 22.0. The van der Waals surface area contributed by atoms with Gasteiger partial charge in [-0.2, -0.15) is 4.31 Å². The lowest BCUT2D eigenvalue weighted by molar-refractivity contribution is -0.122. The molecule has 8 heteroatoms. The zero-order valence-corrected chi connectivity index (χ0v) is 18.0. The van der Waals surface area contributed by atoms with E-state index in [0.29, 0.717) is 18.8 Å². The number of benzene rings is 2. The lowest BCUT2D eigenvalue weighted by Gasteiger charge is -2.26. The zero-order chi connectivity index (χ0) is 21.7. The third-order valence-corrected chi connectivity index (χ3v) is 6.81. The summed E-state index contributed by atoms with van der Waals surface area (Å²) in [4.78, 5) is 26.8. The highest BCUT2D eigenvalue weighted by molar-refractivity contribution is 7.89. The topological polar surface area (TPSA) is 84.0 Å². The predicted octanol–water partition coefficient (Wildman–Crippen LogP) is 3.07. The van der Waals surface area contributed by atoms with Crippen molar-refractivity contribution in [3.8, 4) is 0 Å². The number of nitrogens with zero attached hydrogens (tertiary/aromatic N) is 2. The number of rotatable bonds is 7. The van der Waals surface area contributed by atoms with Gasteiger partial charge in [-0.15, -0.1) is 0 Å². The monoisotopic (exact) mass is 430 g/mol. The predicted molar refractivity (Wildman–Crippen MR) is 114 cm³/mol. The number of anilines is 1. The molecule has 0 bridgehead atoms. The van der Waals surface area contributed by atoms with Crippen molar-refractivity contribution in [1.82, 2.24) is 4.31 Å². The van der Waals surface area contributed by atoms with Crippen molar-refractivity contribution in [3.63, 3.8) is 0 Å². The molecule has 30 heavy (non-hydrogen) atoms. The zero-order valence-electron chi connectivity index (χ0n) is 17.2. The molecule has 1 heterocycles. The standard InChI is InChI=1S/C22H26N2O5S/c1-17(2)24(19-10-4-3-5-11-19)21(25)16-29-22(26)18-9-8-12-20(15-18)30(27,28)23-13-6-7-14-23/h3-5,8-12,15,17H,6-7,13-14,16H2,1-2H3. The van der Waals surface area contributed by atoms with Gasteiger partial charge in [0.1, 0.15) is 0 Å². The quantitative estimate of drug-likeness (QED) is 0.631. The molecule has 2 aromatic rings. The van der Waals surface area contributed by atoms with Gasteiger partial charge in [-0.25, -0.2) is 13.2 Å². The molecule has 1 fully saturated rings. The van der Waals surface area contributed by atoms with E-state index in [1.54, 1.807) is 4.90 Å². The van der Waals surface area contributed by atoms with E-state index in [1.165, 1.54) is 28.6 Å². The molecule has 1 aliphatic heterocycles. The average molecular weight is 431 g/mol. The maximum atomic E-state index is 12.7. The third-order valence-electron chi connectivity index (χ3n) is 4.92. The normalized spacial score (nSPS) is 14.6. The highest BCUT2D eigenvalue weighted by atomic mass is 32.2. The average Bonchev–Trinajstić information content (AvgIpc) is 3.28. The number of para-hydroxylation sites is 1. The Morgan fingerprint density at radius 3 is 2.33 bits per heavy atom. The summed E-state index contributed by atoms with van der Waals surface area (Å²) >= 11 is 0. The summed E-state index contributed by atoms with van der Waals surface area (Å²) in [6.45, 7) is 4.28. The molecule has 0 N–H and O–H groups in total. The summed E-state index contributed by atoms with van der Waals surface area (Å²) in [7, 11) is -3.64. The van der Waals surface area contributed by atoms with Crippen molar-refractivity contribution in [3.05, 3.63) is 60.2 Å². The van der Waals surface area contributed by atoms with Crippen LogP contribution in [0.25, 0.3) is 0 Å². The number of carbonyl (C=O) groups is 2. The summed E-state index contributed by atoms with van der Waals surface area (Å²) in [5.41, 5.74) is 0.811. The van der Waals surface area contributed by atoms with Crippen LogP contribution in [0, 0.1) is 0 Å². The lowest BCUT2D eigenvalue weighted by atomic mass is 10.2. The fraction of sp³-hybridized carbons (Fsp3) is 0.364. The molecule has 0 spiro atoms. The lowest BCUT2D eigenvalue weighted by Crippen LogP contribution is -2.39. The van der Waals surface area contributed by atoms with Crippen molar-refractivity contribution in [2.75, 3.05) is 24.6 Å². The molecule has 0 saturated carbocycles. The molecule has 0 unspecified atom stereocenters. The highest BCUT2D eigenvalue weighted by Gasteiger charge is 2.28.